The molecule has 0 spiro atoms. The van der Waals surface area contributed by atoms with Crippen molar-refractivity contribution in [2.75, 3.05) is 19.6 Å². The highest BCUT2D eigenvalue weighted by atomic mass is 16.5. The van der Waals surface area contributed by atoms with Crippen LogP contribution in [0.15, 0.2) is 48.5 Å². The summed E-state index contributed by atoms with van der Waals surface area (Å²) in [7, 11) is 0. The van der Waals surface area contributed by atoms with Crippen LogP contribution in [-0.4, -0.2) is 30.6 Å². The zero-order valence-electron chi connectivity index (χ0n) is 15.5. The minimum Gasteiger partial charge on any atom is -0.489 e. The molecule has 0 aromatic heterocycles. The zero-order chi connectivity index (χ0) is 17.5. The van der Waals surface area contributed by atoms with Gasteiger partial charge in [0.15, 0.2) is 0 Å². The second kappa shape index (κ2) is 9.02. The molecule has 0 bridgehead atoms. The number of likely N-dealkylation sites (N-methyl/N-ethyl adjacent to an activating group) is 1. The molecule has 2 aromatic rings. The minimum absolute atomic E-state index is 0.616. The monoisotopic (exact) mass is 338 g/mol. The highest BCUT2D eigenvalue weighted by Gasteiger charge is 2.21. The summed E-state index contributed by atoms with van der Waals surface area (Å²) < 4.78 is 5.95. The van der Waals surface area contributed by atoms with Gasteiger partial charge in [0.2, 0.25) is 0 Å². The van der Waals surface area contributed by atoms with Crippen LogP contribution in [0.3, 0.4) is 0 Å². The number of nitrogens with one attached hydrogen (secondary N) is 1. The third-order valence-electron chi connectivity index (χ3n) is 5.04. The Morgan fingerprint density at radius 1 is 1.12 bits per heavy atom. The van der Waals surface area contributed by atoms with Crippen LogP contribution >= 0.6 is 0 Å². The van der Waals surface area contributed by atoms with E-state index < -0.39 is 0 Å². The van der Waals surface area contributed by atoms with E-state index in [9.17, 15) is 0 Å². The average molecular weight is 338 g/mol. The van der Waals surface area contributed by atoms with Gasteiger partial charge in [-0.05, 0) is 56.1 Å². The molecule has 1 aliphatic heterocycles. The first-order chi connectivity index (χ1) is 12.2. The normalized spacial score (nSPS) is 17.8. The second-order valence-electron chi connectivity index (χ2n) is 6.98. The molecule has 25 heavy (non-hydrogen) atoms. The number of benzene rings is 2. The molecule has 0 radical (unpaired) electrons. The molecule has 0 saturated carbocycles. The summed E-state index contributed by atoms with van der Waals surface area (Å²) in [6.45, 7) is 9.36. The SMILES string of the molecule is CCN1CCCC1CNCc1cccc(OCc2ccc(C)cc2)c1. The summed E-state index contributed by atoms with van der Waals surface area (Å²) in [4.78, 5) is 2.58. The lowest BCUT2D eigenvalue weighted by Crippen LogP contribution is -2.37. The van der Waals surface area contributed by atoms with Gasteiger partial charge in [-0.2, -0.15) is 0 Å². The fourth-order valence-electron chi connectivity index (χ4n) is 3.52. The summed E-state index contributed by atoms with van der Waals surface area (Å²) in [5, 5.41) is 3.62. The molecule has 1 N–H and O–H groups in total. The summed E-state index contributed by atoms with van der Waals surface area (Å²) in [6.07, 6.45) is 2.66. The molecule has 1 fully saturated rings. The second-order valence-corrected chi connectivity index (χ2v) is 6.98. The summed E-state index contributed by atoms with van der Waals surface area (Å²) in [6, 6.07) is 17.6. The lowest BCUT2D eigenvalue weighted by atomic mass is 10.1. The Morgan fingerprint density at radius 3 is 2.76 bits per heavy atom. The number of hydrogen-bond donors (Lipinski definition) is 1. The van der Waals surface area contributed by atoms with E-state index in [4.69, 9.17) is 4.74 Å². The molecule has 1 atom stereocenters. The van der Waals surface area contributed by atoms with Crippen molar-refractivity contribution in [1.82, 2.24) is 10.2 Å². The van der Waals surface area contributed by atoms with Crippen molar-refractivity contribution in [3.8, 4) is 5.75 Å². The summed E-state index contributed by atoms with van der Waals surface area (Å²) >= 11 is 0. The summed E-state index contributed by atoms with van der Waals surface area (Å²) in [5.74, 6) is 0.941. The molecule has 3 rings (SSSR count). The zero-order valence-corrected chi connectivity index (χ0v) is 15.5. The fourth-order valence-corrected chi connectivity index (χ4v) is 3.52. The molecular weight excluding hydrogens is 308 g/mol. The fraction of sp³-hybridized carbons (Fsp3) is 0.455. The number of hydrogen-bond acceptors (Lipinski definition) is 3. The van der Waals surface area contributed by atoms with Gasteiger partial charge in [-0.1, -0.05) is 48.9 Å². The molecule has 1 saturated heterocycles. The van der Waals surface area contributed by atoms with Crippen LogP contribution in [-0.2, 0) is 13.2 Å². The maximum Gasteiger partial charge on any atom is 0.120 e. The van der Waals surface area contributed by atoms with Gasteiger partial charge < -0.3 is 10.1 Å². The van der Waals surface area contributed by atoms with Crippen LogP contribution < -0.4 is 10.1 Å². The van der Waals surface area contributed by atoms with Gasteiger partial charge in [-0.25, -0.2) is 0 Å². The topological polar surface area (TPSA) is 24.5 Å². The van der Waals surface area contributed by atoms with Crippen LogP contribution in [0.5, 0.6) is 5.75 Å². The van der Waals surface area contributed by atoms with Gasteiger partial charge in [-0.15, -0.1) is 0 Å². The van der Waals surface area contributed by atoms with Crippen molar-refractivity contribution >= 4 is 0 Å². The molecule has 1 aliphatic rings. The number of nitrogens with zero attached hydrogens (tertiary/aromatic N) is 1. The Morgan fingerprint density at radius 2 is 1.96 bits per heavy atom. The average Bonchev–Trinajstić information content (AvgIpc) is 3.09. The Hall–Kier alpha value is -1.84. The van der Waals surface area contributed by atoms with Crippen LogP contribution in [0.25, 0.3) is 0 Å². The van der Waals surface area contributed by atoms with Crippen molar-refractivity contribution in [2.24, 2.45) is 0 Å². The van der Waals surface area contributed by atoms with E-state index in [1.54, 1.807) is 0 Å². The lowest BCUT2D eigenvalue weighted by molar-refractivity contribution is 0.260. The van der Waals surface area contributed by atoms with Crippen molar-refractivity contribution in [3.05, 3.63) is 65.2 Å². The van der Waals surface area contributed by atoms with E-state index in [-0.39, 0.29) is 0 Å². The predicted octanol–water partition coefficient (Wildman–Crippen LogP) is 4.15. The standard InChI is InChI=1S/C22H30N2O/c1-3-24-13-5-7-21(24)16-23-15-20-6-4-8-22(14-20)25-17-19-11-9-18(2)10-12-19/h4,6,8-12,14,21,23H,3,5,7,13,15-17H2,1-2H3. The summed E-state index contributed by atoms with van der Waals surface area (Å²) in [5.41, 5.74) is 3.76. The molecule has 0 amide bonds. The third-order valence-corrected chi connectivity index (χ3v) is 5.04. The van der Waals surface area contributed by atoms with Crippen molar-refractivity contribution < 1.29 is 4.74 Å². The Labute approximate surface area is 152 Å². The molecule has 3 heteroatoms. The molecular formula is C22H30N2O. The Balaban J connectivity index is 1.47. The lowest BCUT2D eigenvalue weighted by Gasteiger charge is -2.23. The van der Waals surface area contributed by atoms with Gasteiger partial charge in [-0.3, -0.25) is 4.90 Å². The number of ether oxygens (including phenoxy) is 1. The van der Waals surface area contributed by atoms with Gasteiger partial charge in [0.1, 0.15) is 12.4 Å². The number of rotatable bonds is 8. The predicted molar refractivity (Wildman–Crippen MR) is 104 cm³/mol. The van der Waals surface area contributed by atoms with Gasteiger partial charge >= 0.3 is 0 Å². The Bertz CT molecular complexity index is 653. The van der Waals surface area contributed by atoms with E-state index in [2.05, 4.69) is 66.5 Å². The number of likely N-dealkylation sites (tertiary alicyclic amines) is 1. The minimum atomic E-state index is 0.616. The molecule has 0 aliphatic carbocycles. The highest BCUT2D eigenvalue weighted by Crippen LogP contribution is 2.17. The molecule has 2 aromatic carbocycles. The first-order valence-corrected chi connectivity index (χ1v) is 9.46. The van der Waals surface area contributed by atoms with Crippen molar-refractivity contribution in [2.45, 2.75) is 45.9 Å². The maximum absolute atomic E-state index is 5.95. The smallest absolute Gasteiger partial charge is 0.120 e. The first kappa shape index (κ1) is 18.0. The van der Waals surface area contributed by atoms with Gasteiger partial charge in [0.05, 0.1) is 0 Å². The third kappa shape index (κ3) is 5.32. The van der Waals surface area contributed by atoms with E-state index >= 15 is 0 Å². The molecule has 1 unspecified atom stereocenters. The number of aryl methyl sites for hydroxylation is 1. The van der Waals surface area contributed by atoms with Crippen molar-refractivity contribution in [3.63, 3.8) is 0 Å². The van der Waals surface area contributed by atoms with E-state index in [0.717, 1.165) is 25.4 Å². The van der Waals surface area contributed by atoms with E-state index in [1.165, 1.54) is 36.1 Å². The largest absolute Gasteiger partial charge is 0.489 e. The first-order valence-electron chi connectivity index (χ1n) is 9.46. The highest BCUT2D eigenvalue weighted by molar-refractivity contribution is 5.29. The van der Waals surface area contributed by atoms with Crippen LogP contribution in [0, 0.1) is 6.92 Å². The van der Waals surface area contributed by atoms with Gasteiger partial charge in [0.25, 0.3) is 0 Å². The quantitative estimate of drug-likeness (QED) is 0.782. The maximum atomic E-state index is 5.95. The van der Waals surface area contributed by atoms with Crippen molar-refractivity contribution in [1.29, 1.82) is 0 Å². The van der Waals surface area contributed by atoms with E-state index in [0.29, 0.717) is 12.6 Å². The molecule has 3 nitrogen and oxygen atoms in total. The molecule has 1 heterocycles. The molecule has 134 valence electrons. The van der Waals surface area contributed by atoms with E-state index in [1.807, 2.05) is 6.07 Å². The van der Waals surface area contributed by atoms with Crippen LogP contribution in [0.4, 0.5) is 0 Å². The van der Waals surface area contributed by atoms with Crippen LogP contribution in [0.1, 0.15) is 36.5 Å². The van der Waals surface area contributed by atoms with Gasteiger partial charge in [0, 0.05) is 19.1 Å². The Kier molecular flexibility index (Phi) is 6.48. The van der Waals surface area contributed by atoms with Crippen LogP contribution in [0.2, 0.25) is 0 Å².